The number of carbonyl (C=O) groups is 2. The van der Waals surface area contributed by atoms with Crippen LogP contribution in [0.5, 0.6) is 17.2 Å². The molecule has 0 N–H and O–H groups in total. The highest BCUT2D eigenvalue weighted by Gasteiger charge is 2.33. The number of likely N-dealkylation sites (tertiary alicyclic amines) is 1. The number of hydrogen-bond donors (Lipinski definition) is 0. The molecule has 1 heterocycles. The van der Waals surface area contributed by atoms with Crippen molar-refractivity contribution in [3.05, 3.63) is 59.2 Å². The molecular formula is C22H23NO5. The highest BCUT2D eigenvalue weighted by Crippen LogP contribution is 2.36. The first-order valence-electron chi connectivity index (χ1n) is 8.96. The van der Waals surface area contributed by atoms with Gasteiger partial charge in [-0.05, 0) is 24.1 Å². The molecule has 0 saturated carbocycles. The van der Waals surface area contributed by atoms with Crippen LogP contribution in [-0.2, 0) is 16.0 Å². The van der Waals surface area contributed by atoms with Crippen LogP contribution in [0.2, 0.25) is 0 Å². The average Bonchev–Trinajstić information content (AvgIpc) is 2.99. The van der Waals surface area contributed by atoms with Gasteiger partial charge in [0.1, 0.15) is 5.75 Å². The van der Waals surface area contributed by atoms with E-state index in [0.29, 0.717) is 41.4 Å². The second-order valence-corrected chi connectivity index (χ2v) is 6.38. The van der Waals surface area contributed by atoms with Crippen LogP contribution in [0.4, 0.5) is 0 Å². The first-order valence-corrected chi connectivity index (χ1v) is 8.96. The van der Waals surface area contributed by atoms with Crippen LogP contribution < -0.4 is 14.2 Å². The molecule has 0 aliphatic carbocycles. The number of nitrogens with zero attached hydrogens (tertiary/aromatic N) is 1. The van der Waals surface area contributed by atoms with Crippen LogP contribution in [-0.4, -0.2) is 44.6 Å². The normalized spacial score (nSPS) is 15.2. The van der Waals surface area contributed by atoms with E-state index in [1.807, 2.05) is 30.3 Å². The van der Waals surface area contributed by atoms with Crippen LogP contribution in [0.15, 0.2) is 48.0 Å². The first kappa shape index (κ1) is 19.5. The summed E-state index contributed by atoms with van der Waals surface area (Å²) in [7, 11) is 4.62. The fourth-order valence-corrected chi connectivity index (χ4v) is 3.20. The van der Waals surface area contributed by atoms with E-state index in [-0.39, 0.29) is 18.2 Å². The molecule has 2 aromatic carbocycles. The van der Waals surface area contributed by atoms with Gasteiger partial charge in [0.15, 0.2) is 11.5 Å². The van der Waals surface area contributed by atoms with Crippen molar-refractivity contribution in [2.45, 2.75) is 12.8 Å². The van der Waals surface area contributed by atoms with Gasteiger partial charge in [-0.2, -0.15) is 0 Å². The summed E-state index contributed by atoms with van der Waals surface area (Å²) in [5.41, 5.74) is 2.17. The molecule has 1 fully saturated rings. The van der Waals surface area contributed by atoms with Crippen molar-refractivity contribution in [3.8, 4) is 17.2 Å². The lowest BCUT2D eigenvalue weighted by molar-refractivity contribution is -0.137. The van der Waals surface area contributed by atoms with Crippen molar-refractivity contribution in [1.82, 2.24) is 4.90 Å². The Labute approximate surface area is 164 Å². The van der Waals surface area contributed by atoms with Gasteiger partial charge in [0, 0.05) is 23.7 Å². The number of rotatable bonds is 7. The lowest BCUT2D eigenvalue weighted by atomic mass is 10.1. The van der Waals surface area contributed by atoms with Crippen molar-refractivity contribution < 1.29 is 23.8 Å². The number of methoxy groups -OCH3 is 3. The summed E-state index contributed by atoms with van der Waals surface area (Å²) in [5, 5.41) is 0. The van der Waals surface area contributed by atoms with Crippen molar-refractivity contribution in [2.75, 3.05) is 27.9 Å². The van der Waals surface area contributed by atoms with Gasteiger partial charge >= 0.3 is 0 Å². The number of carbonyl (C=O) groups excluding carboxylic acids is 2. The number of imide groups is 1. The molecule has 3 rings (SSSR count). The predicted octanol–water partition coefficient (Wildman–Crippen LogP) is 3.10. The van der Waals surface area contributed by atoms with E-state index in [1.54, 1.807) is 25.3 Å². The second kappa shape index (κ2) is 8.61. The minimum absolute atomic E-state index is 0.0745. The smallest absolute Gasteiger partial charge is 0.256 e. The Morgan fingerprint density at radius 1 is 0.929 bits per heavy atom. The van der Waals surface area contributed by atoms with Crippen molar-refractivity contribution in [3.63, 3.8) is 0 Å². The average molecular weight is 381 g/mol. The highest BCUT2D eigenvalue weighted by atomic mass is 16.5. The summed E-state index contributed by atoms with van der Waals surface area (Å²) in [6.07, 6.45) is 2.39. The first-order chi connectivity index (χ1) is 13.6. The second-order valence-electron chi connectivity index (χ2n) is 6.38. The molecule has 6 nitrogen and oxygen atoms in total. The quantitative estimate of drug-likeness (QED) is 0.545. The van der Waals surface area contributed by atoms with E-state index in [1.165, 1.54) is 19.1 Å². The fraction of sp³-hybridized carbons (Fsp3) is 0.273. The third-order valence-electron chi connectivity index (χ3n) is 4.70. The molecule has 1 aliphatic heterocycles. The largest absolute Gasteiger partial charge is 0.496 e. The molecule has 0 aromatic heterocycles. The number of hydrogen-bond acceptors (Lipinski definition) is 5. The summed E-state index contributed by atoms with van der Waals surface area (Å²) in [5.74, 6) is 1.13. The molecule has 0 unspecified atom stereocenters. The number of benzene rings is 2. The Bertz CT molecular complexity index is 905. The van der Waals surface area contributed by atoms with Gasteiger partial charge in [-0.25, -0.2) is 0 Å². The summed E-state index contributed by atoms with van der Waals surface area (Å²) in [6.45, 7) is 0.363. The molecule has 2 aromatic rings. The zero-order chi connectivity index (χ0) is 20.1. The lowest BCUT2D eigenvalue weighted by Crippen LogP contribution is -2.31. The molecule has 0 bridgehead atoms. The minimum atomic E-state index is -0.266. The molecule has 0 radical (unpaired) electrons. The Morgan fingerprint density at radius 2 is 1.57 bits per heavy atom. The SMILES string of the molecule is COc1cc(OC)c(OC)cc1/C=C1\CC(=O)N(CCc2ccccc2)C1=O. The van der Waals surface area contributed by atoms with E-state index in [9.17, 15) is 9.59 Å². The van der Waals surface area contributed by atoms with E-state index < -0.39 is 0 Å². The Hall–Kier alpha value is -3.28. The van der Waals surface area contributed by atoms with Gasteiger partial charge in [-0.3, -0.25) is 14.5 Å². The van der Waals surface area contributed by atoms with Crippen LogP contribution in [0.1, 0.15) is 17.5 Å². The van der Waals surface area contributed by atoms with E-state index in [0.717, 1.165) is 5.56 Å². The predicted molar refractivity (Wildman–Crippen MR) is 106 cm³/mol. The molecule has 0 atom stereocenters. The zero-order valence-electron chi connectivity index (χ0n) is 16.2. The highest BCUT2D eigenvalue weighted by molar-refractivity contribution is 6.15. The third-order valence-corrected chi connectivity index (χ3v) is 4.70. The Kier molecular flexibility index (Phi) is 5.99. The van der Waals surface area contributed by atoms with Crippen molar-refractivity contribution >= 4 is 17.9 Å². The standard InChI is InChI=1S/C22H23NO5/c1-26-18-14-20(28-3)19(27-2)12-16(18)11-17-13-21(24)23(22(17)25)10-9-15-7-5-4-6-8-15/h4-8,11-12,14H,9-10,13H2,1-3H3/b17-11+. The fourth-order valence-electron chi connectivity index (χ4n) is 3.20. The Morgan fingerprint density at radius 3 is 2.21 bits per heavy atom. The monoisotopic (exact) mass is 381 g/mol. The molecule has 6 heteroatoms. The summed E-state index contributed by atoms with van der Waals surface area (Å²) in [4.78, 5) is 26.4. The summed E-state index contributed by atoms with van der Waals surface area (Å²) < 4.78 is 16.0. The lowest BCUT2D eigenvalue weighted by Gasteiger charge is -2.14. The molecule has 0 spiro atoms. The van der Waals surface area contributed by atoms with Gasteiger partial charge in [0.2, 0.25) is 5.91 Å². The van der Waals surface area contributed by atoms with E-state index >= 15 is 0 Å². The van der Waals surface area contributed by atoms with Gasteiger partial charge in [0.05, 0.1) is 27.8 Å². The van der Waals surface area contributed by atoms with Crippen LogP contribution >= 0.6 is 0 Å². The minimum Gasteiger partial charge on any atom is -0.496 e. The molecule has 1 saturated heterocycles. The van der Waals surface area contributed by atoms with Crippen LogP contribution in [0.3, 0.4) is 0 Å². The Balaban J connectivity index is 1.83. The van der Waals surface area contributed by atoms with Gasteiger partial charge in [-0.1, -0.05) is 30.3 Å². The third kappa shape index (κ3) is 4.01. The maximum Gasteiger partial charge on any atom is 0.256 e. The molecule has 146 valence electrons. The summed E-state index contributed by atoms with van der Waals surface area (Å²) in [6, 6.07) is 13.2. The van der Waals surface area contributed by atoms with Gasteiger partial charge in [-0.15, -0.1) is 0 Å². The van der Waals surface area contributed by atoms with Gasteiger partial charge < -0.3 is 14.2 Å². The van der Waals surface area contributed by atoms with Crippen LogP contribution in [0, 0.1) is 0 Å². The molecule has 1 aliphatic rings. The van der Waals surface area contributed by atoms with E-state index in [2.05, 4.69) is 0 Å². The van der Waals surface area contributed by atoms with E-state index in [4.69, 9.17) is 14.2 Å². The van der Waals surface area contributed by atoms with Crippen molar-refractivity contribution in [1.29, 1.82) is 0 Å². The number of ether oxygens (including phenoxy) is 3. The molecule has 2 amide bonds. The molecular weight excluding hydrogens is 358 g/mol. The maximum atomic E-state index is 12.8. The maximum absolute atomic E-state index is 12.8. The summed E-state index contributed by atoms with van der Waals surface area (Å²) >= 11 is 0. The van der Waals surface area contributed by atoms with Crippen LogP contribution in [0.25, 0.3) is 6.08 Å². The number of amides is 2. The topological polar surface area (TPSA) is 65.1 Å². The van der Waals surface area contributed by atoms with Crippen molar-refractivity contribution in [2.24, 2.45) is 0 Å². The molecule has 28 heavy (non-hydrogen) atoms. The zero-order valence-corrected chi connectivity index (χ0v) is 16.2. The van der Waals surface area contributed by atoms with Gasteiger partial charge in [0.25, 0.3) is 5.91 Å².